The van der Waals surface area contributed by atoms with Crippen molar-refractivity contribution in [2.24, 2.45) is 0 Å². The number of rotatable bonds is 5. The first-order valence-electron chi connectivity index (χ1n) is 10.8. The Bertz CT molecular complexity index is 1340. The lowest BCUT2D eigenvalue weighted by Gasteiger charge is -2.28. The summed E-state index contributed by atoms with van der Waals surface area (Å²) >= 11 is 12.7. The Morgan fingerprint density at radius 2 is 1.85 bits per heavy atom. The van der Waals surface area contributed by atoms with Crippen LogP contribution in [-0.4, -0.2) is 44.3 Å². The summed E-state index contributed by atoms with van der Waals surface area (Å²) in [5.74, 6) is 0.170. The average molecular weight is 494 g/mol. The van der Waals surface area contributed by atoms with Gasteiger partial charge in [-0.25, -0.2) is 19.4 Å². The van der Waals surface area contributed by atoms with Crippen LogP contribution < -0.4 is 0 Å². The fraction of sp³-hybridized carbons (Fsp3) is 0.200. The molecule has 0 aliphatic carbocycles. The summed E-state index contributed by atoms with van der Waals surface area (Å²) < 4.78 is 6.54. The van der Waals surface area contributed by atoms with Gasteiger partial charge >= 0.3 is 5.97 Å². The summed E-state index contributed by atoms with van der Waals surface area (Å²) in [6.07, 6.45) is 2.63. The zero-order chi connectivity index (χ0) is 23.7. The average Bonchev–Trinajstić information content (AvgIpc) is 3.20. The molecule has 0 bridgehead atoms. The van der Waals surface area contributed by atoms with Gasteiger partial charge in [0.05, 0.1) is 18.5 Å². The normalized spacial score (nSPS) is 13.5. The van der Waals surface area contributed by atoms with E-state index in [1.165, 1.54) is 7.11 Å². The van der Waals surface area contributed by atoms with Gasteiger partial charge in [-0.2, -0.15) is 5.10 Å². The van der Waals surface area contributed by atoms with Crippen LogP contribution in [0.2, 0.25) is 10.2 Å². The van der Waals surface area contributed by atoms with E-state index in [0.717, 1.165) is 35.5 Å². The number of hydrogen-bond acceptors (Lipinski definition) is 6. The molecule has 0 atom stereocenters. The van der Waals surface area contributed by atoms with Crippen molar-refractivity contribution in [2.75, 3.05) is 13.7 Å². The van der Waals surface area contributed by atoms with E-state index < -0.39 is 5.97 Å². The summed E-state index contributed by atoms with van der Waals surface area (Å²) in [6.45, 7) is 1.86. The van der Waals surface area contributed by atoms with Crippen molar-refractivity contribution < 1.29 is 9.53 Å². The third-order valence-electron chi connectivity index (χ3n) is 5.80. The van der Waals surface area contributed by atoms with Crippen molar-refractivity contribution in [1.82, 2.24) is 24.6 Å². The summed E-state index contributed by atoms with van der Waals surface area (Å²) in [4.78, 5) is 24.0. The van der Waals surface area contributed by atoms with E-state index in [0.29, 0.717) is 34.7 Å². The van der Waals surface area contributed by atoms with Crippen LogP contribution in [0.3, 0.4) is 0 Å². The third kappa shape index (κ3) is 4.42. The Morgan fingerprint density at radius 1 is 1.09 bits per heavy atom. The summed E-state index contributed by atoms with van der Waals surface area (Å²) in [5, 5.41) is 5.54. The molecule has 5 rings (SSSR count). The molecule has 0 saturated carbocycles. The number of nitrogens with zero attached hydrogens (tertiary/aromatic N) is 5. The Balaban J connectivity index is 1.40. The summed E-state index contributed by atoms with van der Waals surface area (Å²) in [5.41, 5.74) is 4.63. The first-order valence-corrected chi connectivity index (χ1v) is 11.5. The van der Waals surface area contributed by atoms with E-state index in [1.807, 2.05) is 60.8 Å². The molecular weight excluding hydrogens is 473 g/mol. The van der Waals surface area contributed by atoms with E-state index >= 15 is 0 Å². The quantitative estimate of drug-likeness (QED) is 0.365. The second-order valence-electron chi connectivity index (χ2n) is 7.99. The number of ether oxygens (including phenoxy) is 1. The fourth-order valence-corrected chi connectivity index (χ4v) is 4.45. The van der Waals surface area contributed by atoms with Crippen molar-refractivity contribution in [3.63, 3.8) is 0 Å². The molecule has 3 heterocycles. The van der Waals surface area contributed by atoms with Gasteiger partial charge in [-0.3, -0.25) is 4.90 Å². The Kier molecular flexibility index (Phi) is 6.32. The minimum atomic E-state index is -0.514. The van der Waals surface area contributed by atoms with Crippen molar-refractivity contribution in [3.05, 3.63) is 93.5 Å². The minimum absolute atomic E-state index is 0.219. The topological polar surface area (TPSA) is 73.1 Å². The van der Waals surface area contributed by atoms with E-state index in [1.54, 1.807) is 4.68 Å². The van der Waals surface area contributed by atoms with Crippen LogP contribution in [0.5, 0.6) is 0 Å². The van der Waals surface area contributed by atoms with Crippen LogP contribution >= 0.6 is 23.2 Å². The predicted octanol–water partition coefficient (Wildman–Crippen LogP) is 4.98. The number of fused-ring (bicyclic) bond motifs is 1. The smallest absolute Gasteiger partial charge is 0.358 e. The lowest BCUT2D eigenvalue weighted by atomic mass is 10.1. The zero-order valence-electron chi connectivity index (χ0n) is 18.4. The zero-order valence-corrected chi connectivity index (χ0v) is 19.9. The molecule has 0 fully saturated rings. The number of halogens is 2. The predicted molar refractivity (Wildman–Crippen MR) is 130 cm³/mol. The number of aromatic nitrogens is 4. The van der Waals surface area contributed by atoms with E-state index in [9.17, 15) is 4.79 Å². The first kappa shape index (κ1) is 22.5. The van der Waals surface area contributed by atoms with Crippen LogP contribution in [0.15, 0.2) is 60.8 Å². The maximum Gasteiger partial charge on any atom is 0.358 e. The molecule has 0 spiro atoms. The molecular formula is C25H21Cl2N5O2. The lowest BCUT2D eigenvalue weighted by molar-refractivity contribution is 0.0591. The highest BCUT2D eigenvalue weighted by atomic mass is 35.5. The van der Waals surface area contributed by atoms with Gasteiger partial charge in [0.2, 0.25) is 0 Å². The van der Waals surface area contributed by atoms with Crippen molar-refractivity contribution >= 4 is 29.2 Å². The standard InChI is InChI=1S/C25H21Cl2N5O2/c1-34-25(33)22-20(23(27)32(30-22)19-5-3-2-4-6-19)15-31-12-11-21-17(14-31)13-28-24(29-21)16-7-9-18(26)10-8-16/h2-10,13H,11-12,14-15H2,1H3. The van der Waals surface area contributed by atoms with Crippen LogP contribution in [0.1, 0.15) is 27.3 Å². The van der Waals surface area contributed by atoms with Gasteiger partial charge in [-0.15, -0.1) is 0 Å². The van der Waals surface area contributed by atoms with Gasteiger partial charge in [-0.05, 0) is 36.4 Å². The summed E-state index contributed by atoms with van der Waals surface area (Å²) in [6, 6.07) is 17.0. The molecule has 2 aromatic heterocycles. The number of benzene rings is 2. The number of hydrogen-bond donors (Lipinski definition) is 0. The van der Waals surface area contributed by atoms with Crippen molar-refractivity contribution in [3.8, 4) is 17.1 Å². The molecule has 1 aliphatic heterocycles. The van der Waals surface area contributed by atoms with Crippen LogP contribution in [-0.2, 0) is 24.2 Å². The third-order valence-corrected chi connectivity index (χ3v) is 6.44. The number of carbonyl (C=O) groups excluding carboxylic acids is 1. The summed E-state index contributed by atoms with van der Waals surface area (Å²) in [7, 11) is 1.34. The number of methoxy groups -OCH3 is 1. The van der Waals surface area contributed by atoms with Gasteiger partial charge in [0.25, 0.3) is 0 Å². The largest absolute Gasteiger partial charge is 0.464 e. The molecule has 1 aliphatic rings. The maximum atomic E-state index is 12.5. The molecule has 0 saturated heterocycles. The molecule has 7 nitrogen and oxygen atoms in total. The molecule has 172 valence electrons. The van der Waals surface area contributed by atoms with Crippen molar-refractivity contribution in [1.29, 1.82) is 0 Å². The molecule has 0 N–H and O–H groups in total. The SMILES string of the molecule is COC(=O)c1nn(-c2ccccc2)c(Cl)c1CN1CCc2nc(-c3ccc(Cl)cc3)ncc2C1. The molecule has 2 aromatic carbocycles. The Labute approximate surface area is 206 Å². The minimum Gasteiger partial charge on any atom is -0.464 e. The van der Waals surface area contributed by atoms with E-state index in [-0.39, 0.29) is 5.69 Å². The van der Waals surface area contributed by atoms with Crippen LogP contribution in [0, 0.1) is 0 Å². The van der Waals surface area contributed by atoms with Crippen molar-refractivity contribution in [2.45, 2.75) is 19.5 Å². The highest BCUT2D eigenvalue weighted by Gasteiger charge is 2.27. The van der Waals surface area contributed by atoms with Gasteiger partial charge in [0, 0.05) is 54.0 Å². The van der Waals surface area contributed by atoms with Gasteiger partial charge in [0.1, 0.15) is 5.15 Å². The highest BCUT2D eigenvalue weighted by molar-refractivity contribution is 6.31. The molecule has 0 amide bonds. The van der Waals surface area contributed by atoms with E-state index in [2.05, 4.69) is 15.0 Å². The number of carbonyl (C=O) groups is 1. The van der Waals surface area contributed by atoms with Crippen LogP contribution in [0.4, 0.5) is 0 Å². The second kappa shape index (κ2) is 9.54. The van der Waals surface area contributed by atoms with Gasteiger partial charge < -0.3 is 4.74 Å². The Hall–Kier alpha value is -3.26. The molecule has 0 unspecified atom stereocenters. The highest BCUT2D eigenvalue weighted by Crippen LogP contribution is 2.28. The van der Waals surface area contributed by atoms with E-state index in [4.69, 9.17) is 32.9 Å². The fourth-order valence-electron chi connectivity index (χ4n) is 4.04. The maximum absolute atomic E-state index is 12.5. The monoisotopic (exact) mass is 493 g/mol. The second-order valence-corrected chi connectivity index (χ2v) is 8.78. The Morgan fingerprint density at radius 3 is 2.59 bits per heavy atom. The van der Waals surface area contributed by atoms with Gasteiger partial charge in [0.15, 0.2) is 11.5 Å². The lowest BCUT2D eigenvalue weighted by Crippen LogP contribution is -2.31. The van der Waals surface area contributed by atoms with Gasteiger partial charge in [-0.1, -0.05) is 41.4 Å². The first-order chi connectivity index (χ1) is 16.5. The molecule has 34 heavy (non-hydrogen) atoms. The molecule has 4 aromatic rings. The molecule has 0 radical (unpaired) electrons. The number of para-hydroxylation sites is 1. The van der Waals surface area contributed by atoms with Crippen LogP contribution in [0.25, 0.3) is 17.1 Å². The number of esters is 1. The molecule has 9 heteroatoms.